The molecule has 0 spiro atoms. The van der Waals surface area contributed by atoms with Crippen LogP contribution in [0.2, 0.25) is 0 Å². The first-order chi connectivity index (χ1) is 8.99. The number of amides is 2. The van der Waals surface area contributed by atoms with Gasteiger partial charge in [0.15, 0.2) is 11.5 Å². The van der Waals surface area contributed by atoms with Gasteiger partial charge in [0.25, 0.3) is 11.8 Å². The van der Waals surface area contributed by atoms with Crippen LogP contribution in [0.1, 0.15) is 23.3 Å². The highest BCUT2D eigenvalue weighted by molar-refractivity contribution is 5.91. The van der Waals surface area contributed by atoms with E-state index in [0.717, 1.165) is 12.8 Å². The lowest BCUT2D eigenvalue weighted by Gasteiger charge is -2.23. The van der Waals surface area contributed by atoms with Gasteiger partial charge in [-0.15, -0.1) is 5.10 Å². The first-order valence-corrected chi connectivity index (χ1v) is 5.84. The largest absolute Gasteiger partial charge is 0.364 e. The Morgan fingerprint density at radius 1 is 1.58 bits per heavy atom. The summed E-state index contributed by atoms with van der Waals surface area (Å²) in [4.78, 5) is 23.9. The zero-order valence-electron chi connectivity index (χ0n) is 10.3. The summed E-state index contributed by atoms with van der Waals surface area (Å²) in [7, 11) is 0. The average Bonchev–Trinajstić information content (AvgIpc) is 2.97. The molecule has 0 bridgehead atoms. The number of primary amides is 1. The average molecular weight is 267 g/mol. The lowest BCUT2D eigenvalue weighted by Crippen LogP contribution is -2.38. The number of nitrogens with zero attached hydrogens (tertiary/aromatic N) is 4. The second-order valence-corrected chi connectivity index (χ2v) is 4.39. The van der Waals surface area contributed by atoms with Crippen LogP contribution in [0.4, 0.5) is 4.39 Å². The monoisotopic (exact) mass is 267 g/mol. The van der Waals surface area contributed by atoms with E-state index in [9.17, 15) is 14.0 Å². The Labute approximate surface area is 108 Å². The number of carbonyl (C=O) groups excluding carboxylic acids is 2. The van der Waals surface area contributed by atoms with Crippen LogP contribution in [0, 0.1) is 0 Å². The minimum Gasteiger partial charge on any atom is -0.364 e. The molecule has 1 aromatic heterocycles. The molecule has 0 radical (unpaired) electrons. The molecule has 0 aliphatic carbocycles. The maximum absolute atomic E-state index is 12.9. The van der Waals surface area contributed by atoms with Crippen molar-refractivity contribution in [3.05, 3.63) is 24.3 Å². The molecule has 1 aliphatic heterocycles. The predicted octanol–water partition coefficient (Wildman–Crippen LogP) is -0.149. The van der Waals surface area contributed by atoms with Gasteiger partial charge in [0.05, 0.1) is 18.8 Å². The lowest BCUT2D eigenvalue weighted by atomic mass is 10.2. The number of carbonyl (C=O) groups is 2. The summed E-state index contributed by atoms with van der Waals surface area (Å²) in [5.74, 6) is -2.33. The summed E-state index contributed by atoms with van der Waals surface area (Å²) in [6, 6.07) is -0.178. The summed E-state index contributed by atoms with van der Waals surface area (Å²) < 4.78 is 14.3. The van der Waals surface area contributed by atoms with E-state index in [1.807, 2.05) is 0 Å². The number of likely N-dealkylation sites (tertiary alicyclic amines) is 1. The molecule has 1 saturated heterocycles. The van der Waals surface area contributed by atoms with Crippen LogP contribution in [0.15, 0.2) is 18.6 Å². The molecule has 2 heterocycles. The fraction of sp³-hybridized carbons (Fsp3) is 0.455. The molecule has 1 aromatic rings. The van der Waals surface area contributed by atoms with Gasteiger partial charge in [-0.2, -0.15) is 0 Å². The van der Waals surface area contributed by atoms with Crippen LogP contribution in [0.25, 0.3) is 0 Å². The molecule has 1 atom stereocenters. The maximum atomic E-state index is 12.9. The predicted molar refractivity (Wildman–Crippen MR) is 63.5 cm³/mol. The molecule has 1 fully saturated rings. The summed E-state index contributed by atoms with van der Waals surface area (Å²) in [5.41, 5.74) is 5.13. The van der Waals surface area contributed by atoms with Crippen molar-refractivity contribution in [3.63, 3.8) is 0 Å². The minimum absolute atomic E-state index is 0.0609. The number of rotatable bonds is 4. The van der Waals surface area contributed by atoms with E-state index in [4.69, 9.17) is 5.73 Å². The third kappa shape index (κ3) is 2.78. The highest BCUT2D eigenvalue weighted by Gasteiger charge is 2.30. The SMILES string of the molecule is C=C(F)C(=O)N1CCCC1Cn1cc(C(N)=O)nn1. The Balaban J connectivity index is 2.06. The molecule has 19 heavy (non-hydrogen) atoms. The van der Waals surface area contributed by atoms with Crippen LogP contribution in [-0.2, 0) is 11.3 Å². The van der Waals surface area contributed by atoms with E-state index >= 15 is 0 Å². The summed E-state index contributed by atoms with van der Waals surface area (Å²) in [6.45, 7) is 3.85. The maximum Gasteiger partial charge on any atom is 0.282 e. The molecule has 1 aliphatic rings. The Kier molecular flexibility index (Phi) is 3.59. The van der Waals surface area contributed by atoms with Gasteiger partial charge in [-0.25, -0.2) is 9.07 Å². The second kappa shape index (κ2) is 5.17. The molecule has 7 nitrogen and oxygen atoms in total. The van der Waals surface area contributed by atoms with Crippen molar-refractivity contribution >= 4 is 11.8 Å². The van der Waals surface area contributed by atoms with E-state index in [0.29, 0.717) is 13.1 Å². The quantitative estimate of drug-likeness (QED) is 0.768. The fourth-order valence-electron chi connectivity index (χ4n) is 2.17. The number of halogens is 1. The Bertz CT molecular complexity index is 527. The van der Waals surface area contributed by atoms with Gasteiger partial charge in [-0.05, 0) is 12.8 Å². The lowest BCUT2D eigenvalue weighted by molar-refractivity contribution is -0.129. The van der Waals surface area contributed by atoms with Crippen molar-refractivity contribution in [1.29, 1.82) is 0 Å². The Morgan fingerprint density at radius 2 is 2.32 bits per heavy atom. The minimum atomic E-state index is -0.969. The van der Waals surface area contributed by atoms with Gasteiger partial charge < -0.3 is 10.6 Å². The summed E-state index contributed by atoms with van der Waals surface area (Å²) in [5, 5.41) is 7.36. The number of aromatic nitrogens is 3. The molecular formula is C11H14FN5O2. The zero-order chi connectivity index (χ0) is 14.0. The van der Waals surface area contributed by atoms with Crippen LogP contribution in [0.5, 0.6) is 0 Å². The number of nitrogens with two attached hydrogens (primary N) is 1. The van der Waals surface area contributed by atoms with Gasteiger partial charge in [-0.1, -0.05) is 11.8 Å². The van der Waals surface area contributed by atoms with Gasteiger partial charge in [0.2, 0.25) is 0 Å². The van der Waals surface area contributed by atoms with Crippen molar-refractivity contribution < 1.29 is 14.0 Å². The van der Waals surface area contributed by atoms with E-state index in [-0.39, 0.29) is 11.7 Å². The molecule has 0 aromatic carbocycles. The Morgan fingerprint density at radius 3 is 2.89 bits per heavy atom. The molecular weight excluding hydrogens is 253 g/mol. The first-order valence-electron chi connectivity index (χ1n) is 5.84. The van der Waals surface area contributed by atoms with Gasteiger partial charge in [-0.3, -0.25) is 9.59 Å². The molecule has 2 rings (SSSR count). The molecule has 1 unspecified atom stereocenters. The Hall–Kier alpha value is -2.25. The topological polar surface area (TPSA) is 94.1 Å². The first kappa shape index (κ1) is 13.2. The molecule has 2 amide bonds. The molecule has 0 saturated carbocycles. The second-order valence-electron chi connectivity index (χ2n) is 4.39. The number of hydrogen-bond donors (Lipinski definition) is 1. The fourth-order valence-corrected chi connectivity index (χ4v) is 2.17. The highest BCUT2D eigenvalue weighted by atomic mass is 19.1. The molecule has 102 valence electrons. The summed E-state index contributed by atoms with van der Waals surface area (Å²) >= 11 is 0. The van der Waals surface area contributed by atoms with Gasteiger partial charge >= 0.3 is 0 Å². The standard InChI is InChI=1S/C11H14FN5O2/c1-7(12)11(19)17-4-2-3-8(17)5-16-6-9(10(13)18)14-15-16/h6,8H,1-5H2,(H2,13,18). The van der Waals surface area contributed by atoms with Crippen molar-refractivity contribution in [1.82, 2.24) is 19.9 Å². The van der Waals surface area contributed by atoms with Crippen LogP contribution in [0.3, 0.4) is 0 Å². The van der Waals surface area contributed by atoms with Crippen LogP contribution < -0.4 is 5.73 Å². The van der Waals surface area contributed by atoms with E-state index in [1.54, 1.807) is 0 Å². The van der Waals surface area contributed by atoms with Crippen LogP contribution >= 0.6 is 0 Å². The van der Waals surface area contributed by atoms with E-state index in [1.165, 1.54) is 15.8 Å². The van der Waals surface area contributed by atoms with Gasteiger partial charge in [0.1, 0.15) is 0 Å². The molecule has 8 heteroatoms. The number of hydrogen-bond acceptors (Lipinski definition) is 4. The van der Waals surface area contributed by atoms with Crippen LogP contribution in [-0.4, -0.2) is 44.3 Å². The third-order valence-corrected chi connectivity index (χ3v) is 3.06. The summed E-state index contributed by atoms with van der Waals surface area (Å²) in [6.07, 6.45) is 2.94. The highest BCUT2D eigenvalue weighted by Crippen LogP contribution is 2.20. The van der Waals surface area contributed by atoms with E-state index < -0.39 is 17.6 Å². The van der Waals surface area contributed by atoms with Crippen molar-refractivity contribution in [2.24, 2.45) is 5.73 Å². The van der Waals surface area contributed by atoms with Crippen molar-refractivity contribution in [2.45, 2.75) is 25.4 Å². The zero-order valence-corrected chi connectivity index (χ0v) is 10.3. The molecule has 2 N–H and O–H groups in total. The normalized spacial score (nSPS) is 18.6. The third-order valence-electron chi connectivity index (χ3n) is 3.06. The van der Waals surface area contributed by atoms with Crippen molar-refractivity contribution in [2.75, 3.05) is 6.54 Å². The van der Waals surface area contributed by atoms with E-state index in [2.05, 4.69) is 16.9 Å². The van der Waals surface area contributed by atoms with Crippen molar-refractivity contribution in [3.8, 4) is 0 Å². The van der Waals surface area contributed by atoms with Gasteiger partial charge in [0, 0.05) is 6.54 Å². The smallest absolute Gasteiger partial charge is 0.282 e.